The van der Waals surface area contributed by atoms with E-state index in [2.05, 4.69) is 5.10 Å². The molecule has 0 spiro atoms. The van der Waals surface area contributed by atoms with E-state index >= 15 is 0 Å². The number of fused-ring (bicyclic) bond motifs is 1. The summed E-state index contributed by atoms with van der Waals surface area (Å²) >= 11 is 6.19. The lowest BCUT2D eigenvalue weighted by Crippen LogP contribution is -2.39. The topological polar surface area (TPSA) is 103 Å². The van der Waals surface area contributed by atoms with Gasteiger partial charge in [-0.05, 0) is 54.3 Å². The number of carbonyl (C=O) groups is 2. The molecule has 3 aromatic rings. The van der Waals surface area contributed by atoms with Crippen LogP contribution in [0.3, 0.4) is 0 Å². The number of aryl methyl sites for hydroxylation is 1. The highest BCUT2D eigenvalue weighted by Gasteiger charge is 2.36. The zero-order valence-corrected chi connectivity index (χ0v) is 19.2. The Kier molecular flexibility index (Phi) is 7.17. The van der Waals surface area contributed by atoms with Crippen LogP contribution in [0, 0.1) is 18.6 Å². The van der Waals surface area contributed by atoms with Gasteiger partial charge in [0.1, 0.15) is 11.8 Å². The molecule has 0 saturated carbocycles. The first-order chi connectivity index (χ1) is 16.7. The molecule has 0 fully saturated rings. The summed E-state index contributed by atoms with van der Waals surface area (Å²) in [5.74, 6) is -3.12. The van der Waals surface area contributed by atoms with Gasteiger partial charge in [-0.3, -0.25) is 0 Å². The highest BCUT2D eigenvalue weighted by molar-refractivity contribution is 6.30. The minimum absolute atomic E-state index is 0.0150. The van der Waals surface area contributed by atoms with Crippen LogP contribution in [0.4, 0.5) is 13.6 Å². The van der Waals surface area contributed by atoms with E-state index < -0.39 is 36.4 Å². The number of nitrogens with zero attached hydrogens (tertiary/aromatic N) is 3. The van der Waals surface area contributed by atoms with Crippen LogP contribution in [0.25, 0.3) is 0 Å². The Hall–Kier alpha value is -3.70. The van der Waals surface area contributed by atoms with Gasteiger partial charge in [-0.25, -0.2) is 23.1 Å². The van der Waals surface area contributed by atoms with Crippen molar-refractivity contribution in [1.29, 1.82) is 0 Å². The Bertz CT molecular complexity index is 1270. The fourth-order valence-corrected chi connectivity index (χ4v) is 4.01. The monoisotopic (exact) mass is 507 g/mol. The normalized spacial score (nSPS) is 15.4. The van der Waals surface area contributed by atoms with Crippen LogP contribution in [-0.4, -0.2) is 45.2 Å². The fraction of sp³-hybridized carbons (Fsp3) is 0.261. The third-order valence-electron chi connectivity index (χ3n) is 5.28. The summed E-state index contributed by atoms with van der Waals surface area (Å²) in [6, 6.07) is 5.76. The van der Waals surface area contributed by atoms with Crippen LogP contribution < -0.4 is 4.74 Å². The van der Waals surface area contributed by atoms with Crippen LogP contribution in [0.2, 0.25) is 5.02 Å². The van der Waals surface area contributed by atoms with E-state index in [1.54, 1.807) is 12.4 Å². The molecule has 9 nitrogen and oxygen atoms in total. The summed E-state index contributed by atoms with van der Waals surface area (Å²) in [6.45, 7) is 0.956. The van der Waals surface area contributed by atoms with Crippen molar-refractivity contribution in [1.82, 2.24) is 14.8 Å². The smallest absolute Gasteiger partial charge is 0.482 e. The molecule has 1 aromatic heterocycles. The summed E-state index contributed by atoms with van der Waals surface area (Å²) < 4.78 is 40.5. The summed E-state index contributed by atoms with van der Waals surface area (Å²) in [5.41, 5.74) is 1.56. The van der Waals surface area contributed by atoms with Gasteiger partial charge in [0.25, 0.3) is 0 Å². The molecule has 1 N–H and O–H groups in total. The van der Waals surface area contributed by atoms with Crippen LogP contribution in [0.15, 0.2) is 42.7 Å². The largest absolute Gasteiger partial charge is 0.529 e. The highest BCUT2D eigenvalue weighted by Crippen LogP contribution is 2.41. The van der Waals surface area contributed by atoms with Crippen LogP contribution >= 0.6 is 11.6 Å². The predicted octanol–water partition coefficient (Wildman–Crippen LogP) is 4.26. The van der Waals surface area contributed by atoms with Crippen molar-refractivity contribution in [2.24, 2.45) is 0 Å². The van der Waals surface area contributed by atoms with Crippen molar-refractivity contribution in [2.45, 2.75) is 26.1 Å². The SMILES string of the molecule is Cc1cnn(COC(=O)ON2CCc3c(ccc(F)c3F)[C@H]2c2cc(Cl)ccc2OCC(=O)O)c1. The number of ether oxygens (including phenoxy) is 2. The van der Waals surface area contributed by atoms with E-state index in [4.69, 9.17) is 31.0 Å². The molecular weight excluding hydrogens is 488 g/mol. The highest BCUT2D eigenvalue weighted by atomic mass is 35.5. The Morgan fingerprint density at radius 1 is 1.23 bits per heavy atom. The number of hydroxylamine groups is 2. The van der Waals surface area contributed by atoms with E-state index in [-0.39, 0.29) is 36.0 Å². The Balaban J connectivity index is 1.67. The van der Waals surface area contributed by atoms with E-state index in [0.717, 1.165) is 11.6 Å². The lowest BCUT2D eigenvalue weighted by Gasteiger charge is -2.36. The number of halogens is 3. The Morgan fingerprint density at radius 3 is 2.74 bits per heavy atom. The van der Waals surface area contributed by atoms with Gasteiger partial charge in [0.15, 0.2) is 25.0 Å². The number of hydrogen-bond donors (Lipinski definition) is 1. The molecule has 35 heavy (non-hydrogen) atoms. The molecule has 0 aliphatic carbocycles. The lowest BCUT2D eigenvalue weighted by molar-refractivity contribution is -0.156. The Morgan fingerprint density at radius 2 is 2.03 bits per heavy atom. The quantitative estimate of drug-likeness (QED) is 0.473. The first kappa shape index (κ1) is 24.4. The van der Waals surface area contributed by atoms with Crippen LogP contribution in [0.5, 0.6) is 5.75 Å². The summed E-state index contributed by atoms with van der Waals surface area (Å²) in [4.78, 5) is 29.0. The molecular formula is C23H20ClF2N3O6. The van der Waals surface area contributed by atoms with Crippen molar-refractivity contribution in [3.05, 3.63) is 81.6 Å². The fourth-order valence-electron chi connectivity index (χ4n) is 3.83. The van der Waals surface area contributed by atoms with Gasteiger partial charge in [0.2, 0.25) is 0 Å². The molecule has 2 aromatic carbocycles. The van der Waals surface area contributed by atoms with Crippen molar-refractivity contribution in [3.63, 3.8) is 0 Å². The molecule has 184 valence electrons. The van der Waals surface area contributed by atoms with Gasteiger partial charge in [-0.2, -0.15) is 5.10 Å². The number of aromatic nitrogens is 2. The molecule has 0 unspecified atom stereocenters. The van der Waals surface area contributed by atoms with Gasteiger partial charge in [-0.15, -0.1) is 5.06 Å². The lowest BCUT2D eigenvalue weighted by atomic mass is 9.88. The van der Waals surface area contributed by atoms with E-state index in [9.17, 15) is 18.4 Å². The number of benzene rings is 2. The van der Waals surface area contributed by atoms with Crippen LogP contribution in [-0.2, 0) is 27.5 Å². The third kappa shape index (κ3) is 5.52. The zero-order chi connectivity index (χ0) is 25.1. The minimum Gasteiger partial charge on any atom is -0.482 e. The first-order valence-corrected chi connectivity index (χ1v) is 10.8. The second-order valence-electron chi connectivity index (χ2n) is 7.76. The van der Waals surface area contributed by atoms with E-state index in [1.807, 2.05) is 6.92 Å². The molecule has 12 heteroatoms. The van der Waals surface area contributed by atoms with Gasteiger partial charge in [-0.1, -0.05) is 17.7 Å². The second-order valence-corrected chi connectivity index (χ2v) is 8.20. The first-order valence-electron chi connectivity index (χ1n) is 10.4. The molecule has 1 atom stereocenters. The van der Waals surface area contributed by atoms with Crippen molar-refractivity contribution in [2.75, 3.05) is 13.2 Å². The average molecular weight is 508 g/mol. The van der Waals surface area contributed by atoms with Gasteiger partial charge < -0.3 is 19.4 Å². The van der Waals surface area contributed by atoms with Gasteiger partial charge >= 0.3 is 12.1 Å². The van der Waals surface area contributed by atoms with Crippen molar-refractivity contribution >= 4 is 23.7 Å². The second kappa shape index (κ2) is 10.3. The maximum absolute atomic E-state index is 14.6. The van der Waals surface area contributed by atoms with Crippen molar-refractivity contribution in [3.8, 4) is 5.75 Å². The van der Waals surface area contributed by atoms with Crippen LogP contribution in [0.1, 0.15) is 28.3 Å². The summed E-state index contributed by atoms with van der Waals surface area (Å²) in [7, 11) is 0. The minimum atomic E-state index is -1.21. The third-order valence-corrected chi connectivity index (χ3v) is 5.52. The number of carboxylic acid groups (broad SMARTS) is 1. The number of carboxylic acids is 1. The molecule has 4 rings (SSSR count). The Labute approximate surface area is 203 Å². The van der Waals surface area contributed by atoms with Gasteiger partial charge in [0, 0.05) is 23.3 Å². The molecule has 0 radical (unpaired) electrons. The van der Waals surface area contributed by atoms with Gasteiger partial charge in [0.05, 0.1) is 6.20 Å². The maximum Gasteiger partial charge on any atom is 0.529 e. The predicted molar refractivity (Wildman–Crippen MR) is 118 cm³/mol. The molecule has 0 bridgehead atoms. The van der Waals surface area contributed by atoms with E-state index in [1.165, 1.54) is 34.0 Å². The summed E-state index contributed by atoms with van der Waals surface area (Å²) in [6.07, 6.45) is 2.25. The zero-order valence-electron chi connectivity index (χ0n) is 18.4. The number of hydrogen-bond acceptors (Lipinski definition) is 7. The average Bonchev–Trinajstić information content (AvgIpc) is 3.24. The molecule has 0 amide bonds. The van der Waals surface area contributed by atoms with Crippen molar-refractivity contribution < 1.29 is 37.8 Å². The number of carbonyl (C=O) groups excluding carboxylic acids is 1. The summed E-state index contributed by atoms with van der Waals surface area (Å²) in [5, 5.41) is 14.6. The molecule has 1 aliphatic heterocycles. The molecule has 2 heterocycles. The number of rotatable bonds is 7. The molecule has 1 aliphatic rings. The standard InChI is InChI=1S/C23H20ClF2N3O6/c1-13-9-27-28(10-13)12-34-23(32)35-29-7-6-15-16(3-4-18(25)21(15)26)22(29)17-8-14(24)2-5-19(17)33-11-20(30)31/h2-5,8-10,22H,6-7,11-12H2,1H3,(H,30,31)/t22-/m0/s1. The van der Waals surface area contributed by atoms with E-state index in [0.29, 0.717) is 11.1 Å². The molecule has 0 saturated heterocycles. The number of aliphatic carboxylic acids is 1. The maximum atomic E-state index is 14.6.